The van der Waals surface area contributed by atoms with Crippen molar-refractivity contribution in [1.82, 2.24) is 20.4 Å². The van der Waals surface area contributed by atoms with Gasteiger partial charge < -0.3 is 20.5 Å². The monoisotopic (exact) mass is 464 g/mol. The third kappa shape index (κ3) is 6.44. The summed E-state index contributed by atoms with van der Waals surface area (Å²) in [6.07, 6.45) is 2.47. The molecule has 1 unspecified atom stereocenters. The fourth-order valence-electron chi connectivity index (χ4n) is 2.83. The molecule has 1 aromatic rings. The summed E-state index contributed by atoms with van der Waals surface area (Å²) in [4.78, 5) is 22.0. The van der Waals surface area contributed by atoms with E-state index in [0.717, 1.165) is 31.9 Å². The molecule has 2 heterocycles. The largest absolute Gasteiger partial charge is 0.370 e. The van der Waals surface area contributed by atoms with Gasteiger partial charge in [-0.25, -0.2) is 0 Å². The zero-order valence-corrected chi connectivity index (χ0v) is 17.7. The molecule has 1 atom stereocenters. The van der Waals surface area contributed by atoms with Gasteiger partial charge in [0.25, 0.3) is 0 Å². The van der Waals surface area contributed by atoms with Gasteiger partial charge >= 0.3 is 0 Å². The van der Waals surface area contributed by atoms with Crippen LogP contribution < -0.4 is 11.1 Å². The van der Waals surface area contributed by atoms with Gasteiger partial charge in [0.15, 0.2) is 11.8 Å². The highest BCUT2D eigenvalue weighted by atomic mass is 127. The molecule has 1 aliphatic rings. The maximum Gasteiger partial charge on any atom is 0.232 e. The normalized spacial score (nSPS) is 18.6. The van der Waals surface area contributed by atoms with Crippen molar-refractivity contribution in [3.8, 4) is 0 Å². The predicted molar refractivity (Wildman–Crippen MR) is 107 cm³/mol. The summed E-state index contributed by atoms with van der Waals surface area (Å²) in [5.41, 5.74) is 5.15. The highest BCUT2D eigenvalue weighted by molar-refractivity contribution is 14.0. The second-order valence-corrected chi connectivity index (χ2v) is 7.29. The van der Waals surface area contributed by atoms with E-state index in [1.807, 2.05) is 20.8 Å². The summed E-state index contributed by atoms with van der Waals surface area (Å²) in [5, 5.41) is 7.27. The van der Waals surface area contributed by atoms with Gasteiger partial charge in [0.2, 0.25) is 11.8 Å². The van der Waals surface area contributed by atoms with Gasteiger partial charge in [0.05, 0.1) is 6.54 Å². The first-order valence-electron chi connectivity index (χ1n) is 8.36. The van der Waals surface area contributed by atoms with Gasteiger partial charge in [0.1, 0.15) is 0 Å². The summed E-state index contributed by atoms with van der Waals surface area (Å²) in [6.45, 7) is 8.23. The third-order valence-electron chi connectivity index (χ3n) is 4.03. The molecule has 25 heavy (non-hydrogen) atoms. The first-order valence-corrected chi connectivity index (χ1v) is 8.36. The topological polar surface area (TPSA) is 110 Å². The minimum absolute atomic E-state index is 0. The Balaban J connectivity index is 0.00000312. The quantitative estimate of drug-likeness (QED) is 0.399. The van der Waals surface area contributed by atoms with Crippen LogP contribution in [0, 0.1) is 5.92 Å². The lowest BCUT2D eigenvalue weighted by Crippen LogP contribution is -2.47. The fourth-order valence-corrected chi connectivity index (χ4v) is 2.83. The lowest BCUT2D eigenvalue weighted by molar-refractivity contribution is -0.119. The Morgan fingerprint density at radius 3 is 2.76 bits per heavy atom. The molecule has 1 aromatic heterocycles. The molecule has 0 aliphatic carbocycles. The highest BCUT2D eigenvalue weighted by Crippen LogP contribution is 2.20. The molecule has 1 saturated heterocycles. The number of piperidine rings is 1. The minimum Gasteiger partial charge on any atom is -0.370 e. The first-order chi connectivity index (χ1) is 11.3. The molecular weight excluding hydrogens is 435 g/mol. The molecule has 142 valence electrons. The Labute approximate surface area is 166 Å². The summed E-state index contributed by atoms with van der Waals surface area (Å²) in [7, 11) is 1.75. The van der Waals surface area contributed by atoms with Crippen molar-refractivity contribution in [2.45, 2.75) is 52.0 Å². The van der Waals surface area contributed by atoms with Crippen LogP contribution in [0.1, 0.15) is 51.7 Å². The Morgan fingerprint density at radius 2 is 2.20 bits per heavy atom. The molecule has 0 bridgehead atoms. The summed E-state index contributed by atoms with van der Waals surface area (Å²) in [5.74, 6) is 2.05. The van der Waals surface area contributed by atoms with Crippen LogP contribution in [0.3, 0.4) is 0 Å². The molecule has 8 nitrogen and oxygen atoms in total. The number of primary amides is 1. The van der Waals surface area contributed by atoms with E-state index in [1.165, 1.54) is 0 Å². The van der Waals surface area contributed by atoms with Crippen molar-refractivity contribution < 1.29 is 9.32 Å². The van der Waals surface area contributed by atoms with Crippen LogP contribution in [0.15, 0.2) is 9.52 Å². The second kappa shape index (κ2) is 9.35. The fraction of sp³-hybridized carbons (Fsp3) is 0.750. The molecule has 0 aromatic carbocycles. The van der Waals surface area contributed by atoms with Crippen LogP contribution >= 0.6 is 24.0 Å². The molecule has 0 radical (unpaired) electrons. The minimum atomic E-state index is -0.244. The number of carbonyl (C=O) groups excluding carboxylic acids is 1. The first kappa shape index (κ1) is 21.7. The maximum atomic E-state index is 11.1. The average Bonchev–Trinajstić information content (AvgIpc) is 2.97. The molecule has 9 heteroatoms. The number of nitrogens with one attached hydrogen (secondary N) is 1. The summed E-state index contributed by atoms with van der Waals surface area (Å²) >= 11 is 0. The number of nitrogens with zero attached hydrogens (tertiary/aromatic N) is 4. The number of likely N-dealkylation sites (tertiary alicyclic amines) is 1. The van der Waals surface area contributed by atoms with E-state index in [-0.39, 0.29) is 41.2 Å². The van der Waals surface area contributed by atoms with E-state index in [2.05, 4.69) is 25.3 Å². The predicted octanol–water partition coefficient (Wildman–Crippen LogP) is 1.65. The number of carbonyl (C=O) groups is 1. The van der Waals surface area contributed by atoms with Crippen LogP contribution in [0.25, 0.3) is 0 Å². The van der Waals surface area contributed by atoms with Crippen molar-refractivity contribution in [3.63, 3.8) is 0 Å². The van der Waals surface area contributed by atoms with Gasteiger partial charge in [-0.3, -0.25) is 9.79 Å². The van der Waals surface area contributed by atoms with E-state index >= 15 is 0 Å². The van der Waals surface area contributed by atoms with E-state index in [1.54, 1.807) is 7.05 Å². The van der Waals surface area contributed by atoms with Gasteiger partial charge in [-0.2, -0.15) is 4.98 Å². The molecule has 1 aliphatic heterocycles. The van der Waals surface area contributed by atoms with E-state index in [9.17, 15) is 4.79 Å². The number of amides is 1. The average molecular weight is 464 g/mol. The maximum absolute atomic E-state index is 11.1. The SMILES string of the molecule is CN=C(NCc1noc(C(C)(C)C)n1)N1CCCC(CC(N)=O)C1.I. The van der Waals surface area contributed by atoms with Crippen molar-refractivity contribution in [2.75, 3.05) is 20.1 Å². The number of halogens is 1. The molecule has 0 saturated carbocycles. The molecule has 2 rings (SSSR count). The summed E-state index contributed by atoms with van der Waals surface area (Å²) in [6, 6.07) is 0. The zero-order valence-electron chi connectivity index (χ0n) is 15.4. The van der Waals surface area contributed by atoms with Gasteiger partial charge in [-0.05, 0) is 18.8 Å². The Morgan fingerprint density at radius 1 is 1.48 bits per heavy atom. The lowest BCUT2D eigenvalue weighted by atomic mass is 9.95. The van der Waals surface area contributed by atoms with Crippen LogP contribution in [0.5, 0.6) is 0 Å². The van der Waals surface area contributed by atoms with Crippen LogP contribution in [0.4, 0.5) is 0 Å². The van der Waals surface area contributed by atoms with Crippen molar-refractivity contribution >= 4 is 35.8 Å². The smallest absolute Gasteiger partial charge is 0.232 e. The Hall–Kier alpha value is -1.39. The molecular formula is C16H29IN6O2. The highest BCUT2D eigenvalue weighted by Gasteiger charge is 2.24. The molecule has 1 fully saturated rings. The van der Waals surface area contributed by atoms with E-state index in [0.29, 0.717) is 24.7 Å². The Bertz CT molecular complexity index is 596. The molecule has 0 spiro atoms. The van der Waals surface area contributed by atoms with Crippen LogP contribution in [-0.2, 0) is 16.8 Å². The van der Waals surface area contributed by atoms with Crippen molar-refractivity contribution in [3.05, 3.63) is 11.7 Å². The van der Waals surface area contributed by atoms with Gasteiger partial charge in [-0.15, -0.1) is 24.0 Å². The number of rotatable bonds is 4. The van der Waals surface area contributed by atoms with E-state index < -0.39 is 0 Å². The van der Waals surface area contributed by atoms with Crippen LogP contribution in [0.2, 0.25) is 0 Å². The molecule has 1 amide bonds. The van der Waals surface area contributed by atoms with Crippen LogP contribution in [-0.4, -0.2) is 47.0 Å². The van der Waals surface area contributed by atoms with E-state index in [4.69, 9.17) is 10.3 Å². The Kier molecular flexibility index (Phi) is 8.10. The zero-order chi connectivity index (χ0) is 17.7. The standard InChI is InChI=1S/C16H28N6O2.HI/c1-16(2,3)14-20-13(21-24-14)9-19-15(18-4)22-7-5-6-11(10-22)8-12(17)23;/h11H,5-10H2,1-4H3,(H2,17,23)(H,18,19);1H. The summed E-state index contributed by atoms with van der Waals surface area (Å²) < 4.78 is 5.30. The number of hydrogen-bond acceptors (Lipinski definition) is 5. The second-order valence-electron chi connectivity index (χ2n) is 7.29. The third-order valence-corrected chi connectivity index (χ3v) is 4.03. The number of hydrogen-bond donors (Lipinski definition) is 2. The van der Waals surface area contributed by atoms with Gasteiger partial charge in [0, 0.05) is 32.0 Å². The van der Waals surface area contributed by atoms with Crippen molar-refractivity contribution in [2.24, 2.45) is 16.6 Å². The number of guanidine groups is 1. The van der Waals surface area contributed by atoms with Crippen molar-refractivity contribution in [1.29, 1.82) is 0 Å². The number of aromatic nitrogens is 2. The number of nitrogens with two attached hydrogens (primary N) is 1. The molecule has 3 N–H and O–H groups in total. The van der Waals surface area contributed by atoms with Gasteiger partial charge in [-0.1, -0.05) is 25.9 Å². The number of aliphatic imine (C=N–C) groups is 1. The lowest BCUT2D eigenvalue weighted by Gasteiger charge is -2.34.